The molecule has 0 amide bonds. The minimum Gasteiger partial charge on any atom is -0.299 e. The average Bonchev–Trinajstić information content (AvgIpc) is 2.58. The fourth-order valence-corrected chi connectivity index (χ4v) is 1.96. The molecule has 1 rings (SSSR count). The van der Waals surface area contributed by atoms with Crippen LogP contribution in [0.2, 0.25) is 0 Å². The number of thioether (sulfide) groups is 1. The molecule has 1 heterocycles. The Balaban J connectivity index is 2.78. The first-order valence-corrected chi connectivity index (χ1v) is 6.31. The summed E-state index contributed by atoms with van der Waals surface area (Å²) in [5, 5.41) is 7.45. The number of hydrogen-bond acceptors (Lipinski definition) is 3. The van der Waals surface area contributed by atoms with E-state index in [1.807, 2.05) is 20.1 Å². The van der Waals surface area contributed by atoms with Crippen LogP contribution in [0, 0.1) is 12.5 Å². The number of hydrogen-bond donors (Lipinski definition) is 1. The molecule has 0 aliphatic heterocycles. The summed E-state index contributed by atoms with van der Waals surface area (Å²) in [6.07, 6.45) is 2.69. The van der Waals surface area contributed by atoms with Crippen LogP contribution in [-0.4, -0.2) is 22.2 Å². The standard InChI is InChI=1S/C11H15N3OS/c1-7(2)5-8(15)6-9-10(12-3)11(16-4)14-13-9/h7H,5-6H2,1-2,4H3,(H,13,14). The highest BCUT2D eigenvalue weighted by Crippen LogP contribution is 2.29. The zero-order chi connectivity index (χ0) is 12.1. The van der Waals surface area contributed by atoms with Gasteiger partial charge in [-0.05, 0) is 12.2 Å². The Labute approximate surface area is 99.6 Å². The molecular formula is C11H15N3OS. The van der Waals surface area contributed by atoms with Gasteiger partial charge >= 0.3 is 0 Å². The summed E-state index contributed by atoms with van der Waals surface area (Å²) in [6, 6.07) is 0. The van der Waals surface area contributed by atoms with Gasteiger partial charge in [-0.1, -0.05) is 13.8 Å². The minimum atomic E-state index is 0.149. The third kappa shape index (κ3) is 3.11. The second kappa shape index (κ2) is 5.71. The second-order valence-electron chi connectivity index (χ2n) is 3.99. The molecule has 0 aliphatic carbocycles. The number of Topliss-reactive ketones (excluding diaryl/α,β-unsaturated/α-hetero) is 1. The largest absolute Gasteiger partial charge is 0.299 e. The maximum Gasteiger partial charge on any atom is 0.241 e. The van der Waals surface area contributed by atoms with E-state index in [0.717, 1.165) is 0 Å². The first kappa shape index (κ1) is 12.8. The van der Waals surface area contributed by atoms with Crippen molar-refractivity contribution in [2.75, 3.05) is 6.26 Å². The number of nitrogens with one attached hydrogen (secondary N) is 1. The van der Waals surface area contributed by atoms with Gasteiger partial charge in [-0.2, -0.15) is 5.10 Å². The monoisotopic (exact) mass is 237 g/mol. The molecule has 0 aliphatic rings. The molecule has 4 nitrogen and oxygen atoms in total. The maximum absolute atomic E-state index is 11.6. The van der Waals surface area contributed by atoms with Gasteiger partial charge in [0, 0.05) is 12.8 Å². The average molecular weight is 237 g/mol. The molecule has 1 N–H and O–H groups in total. The Morgan fingerprint density at radius 1 is 1.62 bits per heavy atom. The lowest BCUT2D eigenvalue weighted by molar-refractivity contribution is -0.119. The van der Waals surface area contributed by atoms with Gasteiger partial charge in [0.2, 0.25) is 5.69 Å². The van der Waals surface area contributed by atoms with Crippen LogP contribution < -0.4 is 0 Å². The molecule has 0 fully saturated rings. The van der Waals surface area contributed by atoms with E-state index in [0.29, 0.717) is 28.7 Å². The van der Waals surface area contributed by atoms with Gasteiger partial charge in [-0.15, -0.1) is 11.8 Å². The van der Waals surface area contributed by atoms with Gasteiger partial charge in [0.1, 0.15) is 10.8 Å². The van der Waals surface area contributed by atoms with E-state index < -0.39 is 0 Å². The van der Waals surface area contributed by atoms with E-state index in [-0.39, 0.29) is 12.2 Å². The Hall–Kier alpha value is -1.28. The van der Waals surface area contributed by atoms with Crippen molar-refractivity contribution in [1.29, 1.82) is 0 Å². The molecule has 1 aromatic heterocycles. The summed E-state index contributed by atoms with van der Waals surface area (Å²) >= 11 is 1.41. The van der Waals surface area contributed by atoms with Gasteiger partial charge in [0.15, 0.2) is 0 Å². The van der Waals surface area contributed by atoms with Crippen molar-refractivity contribution in [3.63, 3.8) is 0 Å². The van der Waals surface area contributed by atoms with Crippen molar-refractivity contribution in [2.45, 2.75) is 31.7 Å². The minimum absolute atomic E-state index is 0.149. The lowest BCUT2D eigenvalue weighted by Gasteiger charge is -2.02. The van der Waals surface area contributed by atoms with Gasteiger partial charge in [-0.25, -0.2) is 4.85 Å². The Kier molecular flexibility index (Phi) is 4.56. The van der Waals surface area contributed by atoms with Crippen LogP contribution in [0.1, 0.15) is 26.0 Å². The van der Waals surface area contributed by atoms with Crippen LogP contribution in [0.4, 0.5) is 5.69 Å². The Morgan fingerprint density at radius 3 is 2.81 bits per heavy atom. The van der Waals surface area contributed by atoms with Gasteiger partial charge in [-0.3, -0.25) is 9.89 Å². The number of carbonyl (C=O) groups excluding carboxylic acids is 1. The quantitative estimate of drug-likeness (QED) is 0.633. The van der Waals surface area contributed by atoms with Crippen LogP contribution in [0.15, 0.2) is 5.03 Å². The predicted molar refractivity (Wildman–Crippen MR) is 64.8 cm³/mol. The molecule has 86 valence electrons. The lowest BCUT2D eigenvalue weighted by Crippen LogP contribution is -2.06. The zero-order valence-electron chi connectivity index (χ0n) is 9.70. The van der Waals surface area contributed by atoms with E-state index in [1.54, 1.807) is 0 Å². The summed E-state index contributed by atoms with van der Waals surface area (Å²) in [5.41, 5.74) is 1.13. The predicted octanol–water partition coefficient (Wildman–Crippen LogP) is 2.84. The normalized spacial score (nSPS) is 10.4. The number of H-pyrrole nitrogens is 1. The summed E-state index contributed by atoms with van der Waals surface area (Å²) in [6.45, 7) is 11.1. The smallest absolute Gasteiger partial charge is 0.241 e. The maximum atomic E-state index is 11.6. The fourth-order valence-electron chi connectivity index (χ4n) is 1.46. The van der Waals surface area contributed by atoms with E-state index in [2.05, 4.69) is 15.0 Å². The molecule has 0 radical (unpaired) electrons. The third-order valence-corrected chi connectivity index (χ3v) is 2.77. The van der Waals surface area contributed by atoms with Crippen molar-refractivity contribution in [2.24, 2.45) is 5.92 Å². The van der Waals surface area contributed by atoms with E-state index >= 15 is 0 Å². The van der Waals surface area contributed by atoms with Crippen LogP contribution in [0.3, 0.4) is 0 Å². The molecule has 1 aromatic rings. The molecule has 0 atom stereocenters. The summed E-state index contributed by atoms with van der Waals surface area (Å²) in [5.74, 6) is 0.503. The van der Waals surface area contributed by atoms with Crippen molar-refractivity contribution >= 4 is 23.2 Å². The van der Waals surface area contributed by atoms with Crippen molar-refractivity contribution in [3.8, 4) is 0 Å². The summed E-state index contributed by atoms with van der Waals surface area (Å²) in [7, 11) is 0. The first-order valence-electron chi connectivity index (χ1n) is 5.08. The molecule has 0 spiro atoms. The number of nitrogens with zero attached hydrogens (tertiary/aromatic N) is 2. The lowest BCUT2D eigenvalue weighted by atomic mass is 10.0. The van der Waals surface area contributed by atoms with E-state index in [4.69, 9.17) is 6.57 Å². The number of carbonyl (C=O) groups is 1. The van der Waals surface area contributed by atoms with Crippen molar-refractivity contribution in [3.05, 3.63) is 17.1 Å². The topological polar surface area (TPSA) is 50.1 Å². The van der Waals surface area contributed by atoms with Gasteiger partial charge in [0.25, 0.3) is 0 Å². The van der Waals surface area contributed by atoms with Crippen molar-refractivity contribution in [1.82, 2.24) is 10.2 Å². The molecule has 16 heavy (non-hydrogen) atoms. The molecule has 0 bridgehead atoms. The first-order chi connectivity index (χ1) is 7.58. The van der Waals surface area contributed by atoms with E-state index in [1.165, 1.54) is 11.8 Å². The van der Waals surface area contributed by atoms with Gasteiger partial charge < -0.3 is 0 Å². The molecule has 0 saturated heterocycles. The number of aromatic amines is 1. The Bertz CT molecular complexity index is 417. The highest BCUT2D eigenvalue weighted by molar-refractivity contribution is 7.98. The SMILES string of the molecule is [C-]#[N+]c1c(SC)n[nH]c1CC(=O)CC(C)C. The van der Waals surface area contributed by atoms with Crippen molar-refractivity contribution < 1.29 is 4.79 Å². The highest BCUT2D eigenvalue weighted by atomic mass is 32.2. The van der Waals surface area contributed by atoms with Crippen LogP contribution in [0.25, 0.3) is 4.85 Å². The van der Waals surface area contributed by atoms with Gasteiger partial charge in [0.05, 0.1) is 12.3 Å². The van der Waals surface area contributed by atoms with Crippen LogP contribution in [-0.2, 0) is 11.2 Å². The molecule has 0 aromatic carbocycles. The summed E-state index contributed by atoms with van der Waals surface area (Å²) in [4.78, 5) is 15.0. The molecule has 0 unspecified atom stereocenters. The number of rotatable bonds is 5. The Morgan fingerprint density at radius 2 is 2.31 bits per heavy atom. The van der Waals surface area contributed by atoms with E-state index in [9.17, 15) is 4.79 Å². The van der Waals surface area contributed by atoms with Crippen LogP contribution >= 0.6 is 11.8 Å². The number of aromatic nitrogens is 2. The zero-order valence-corrected chi connectivity index (χ0v) is 10.5. The third-order valence-electron chi connectivity index (χ3n) is 2.10. The highest BCUT2D eigenvalue weighted by Gasteiger charge is 2.15. The molecule has 5 heteroatoms. The second-order valence-corrected chi connectivity index (χ2v) is 4.78. The van der Waals surface area contributed by atoms with Crippen LogP contribution in [0.5, 0.6) is 0 Å². The molecular weight excluding hydrogens is 222 g/mol. The number of ketones is 1. The molecule has 0 saturated carbocycles. The fraction of sp³-hybridized carbons (Fsp3) is 0.545. The summed E-state index contributed by atoms with van der Waals surface area (Å²) < 4.78 is 0.